The minimum absolute atomic E-state index is 0.185. The van der Waals surface area contributed by atoms with Gasteiger partial charge in [-0.25, -0.2) is 0 Å². The Kier molecular flexibility index (Phi) is 5.73. The van der Waals surface area contributed by atoms with E-state index >= 15 is 0 Å². The summed E-state index contributed by atoms with van der Waals surface area (Å²) in [4.78, 5) is 4.82. The summed E-state index contributed by atoms with van der Waals surface area (Å²) in [5, 5.41) is 0. The Labute approximate surface area is 101 Å². The molecule has 1 saturated carbocycles. The van der Waals surface area contributed by atoms with Crippen molar-refractivity contribution >= 4 is 0 Å². The predicted molar refractivity (Wildman–Crippen MR) is 70.7 cm³/mol. The van der Waals surface area contributed by atoms with Gasteiger partial charge in [-0.2, -0.15) is 0 Å². The second kappa shape index (κ2) is 6.58. The average Bonchev–Trinajstić information content (AvgIpc) is 2.19. The maximum Gasteiger partial charge on any atom is 0.0166 e. The van der Waals surface area contributed by atoms with Crippen LogP contribution in [0, 0.1) is 0 Å². The predicted octanol–water partition coefficient (Wildman–Crippen LogP) is 1.53. The zero-order valence-electron chi connectivity index (χ0n) is 11.3. The second-order valence-electron chi connectivity index (χ2n) is 5.61. The standard InChI is InChI=1S/C13H29N3/c1-4-9-16(12-11-15(2)3)10-8-13(14)6-5-7-13/h4-12,14H2,1-3H3. The molecule has 1 aliphatic carbocycles. The highest BCUT2D eigenvalue weighted by Gasteiger charge is 2.32. The molecule has 0 radical (unpaired) electrons. The van der Waals surface area contributed by atoms with Crippen molar-refractivity contribution in [3.8, 4) is 0 Å². The number of nitrogens with two attached hydrogens (primary N) is 1. The zero-order valence-corrected chi connectivity index (χ0v) is 11.3. The summed E-state index contributed by atoms with van der Waals surface area (Å²) < 4.78 is 0. The Morgan fingerprint density at radius 2 is 1.75 bits per heavy atom. The topological polar surface area (TPSA) is 32.5 Å². The second-order valence-corrected chi connectivity index (χ2v) is 5.61. The third-order valence-corrected chi connectivity index (χ3v) is 3.68. The zero-order chi connectivity index (χ0) is 12.0. The molecule has 2 N–H and O–H groups in total. The summed E-state index contributed by atoms with van der Waals surface area (Å²) in [6, 6.07) is 0. The van der Waals surface area contributed by atoms with Gasteiger partial charge in [-0.15, -0.1) is 0 Å². The smallest absolute Gasteiger partial charge is 0.0166 e. The van der Waals surface area contributed by atoms with Crippen molar-refractivity contribution in [2.75, 3.05) is 40.3 Å². The molecule has 0 unspecified atom stereocenters. The highest BCUT2D eigenvalue weighted by molar-refractivity contribution is 4.93. The fraction of sp³-hybridized carbons (Fsp3) is 1.00. The Bertz CT molecular complexity index is 188. The van der Waals surface area contributed by atoms with Gasteiger partial charge in [-0.05, 0) is 59.3 Å². The normalized spacial score (nSPS) is 19.1. The lowest BCUT2D eigenvalue weighted by Gasteiger charge is -2.39. The fourth-order valence-corrected chi connectivity index (χ4v) is 2.25. The van der Waals surface area contributed by atoms with E-state index in [9.17, 15) is 0 Å². The van der Waals surface area contributed by atoms with E-state index in [4.69, 9.17) is 5.73 Å². The highest BCUT2D eigenvalue weighted by Crippen LogP contribution is 2.32. The van der Waals surface area contributed by atoms with E-state index in [0.717, 1.165) is 6.54 Å². The molecule has 0 atom stereocenters. The molecule has 0 saturated heterocycles. The van der Waals surface area contributed by atoms with E-state index in [1.165, 1.54) is 51.7 Å². The molecule has 0 spiro atoms. The van der Waals surface area contributed by atoms with E-state index in [1.807, 2.05) is 0 Å². The van der Waals surface area contributed by atoms with Gasteiger partial charge in [-0.1, -0.05) is 6.92 Å². The lowest BCUT2D eigenvalue weighted by atomic mass is 9.75. The van der Waals surface area contributed by atoms with E-state index in [0.29, 0.717) is 0 Å². The molecule has 0 aromatic heterocycles. The van der Waals surface area contributed by atoms with Crippen molar-refractivity contribution in [3.05, 3.63) is 0 Å². The monoisotopic (exact) mass is 227 g/mol. The van der Waals surface area contributed by atoms with Crippen molar-refractivity contribution in [1.82, 2.24) is 9.80 Å². The minimum Gasteiger partial charge on any atom is -0.325 e. The summed E-state index contributed by atoms with van der Waals surface area (Å²) >= 11 is 0. The van der Waals surface area contributed by atoms with Crippen LogP contribution in [0.4, 0.5) is 0 Å². The molecule has 0 aromatic carbocycles. The molecule has 16 heavy (non-hydrogen) atoms. The number of likely N-dealkylation sites (N-methyl/N-ethyl adjacent to an activating group) is 1. The minimum atomic E-state index is 0.185. The van der Waals surface area contributed by atoms with Gasteiger partial charge in [0.25, 0.3) is 0 Å². The summed E-state index contributed by atoms with van der Waals surface area (Å²) in [5.74, 6) is 0. The van der Waals surface area contributed by atoms with Gasteiger partial charge in [0.15, 0.2) is 0 Å². The highest BCUT2D eigenvalue weighted by atomic mass is 15.2. The van der Waals surface area contributed by atoms with Gasteiger partial charge in [0.1, 0.15) is 0 Å². The maximum absolute atomic E-state index is 6.27. The largest absolute Gasteiger partial charge is 0.325 e. The number of rotatable bonds is 8. The van der Waals surface area contributed by atoms with Crippen LogP contribution in [-0.4, -0.2) is 55.6 Å². The molecule has 1 aliphatic rings. The van der Waals surface area contributed by atoms with Crippen molar-refractivity contribution in [2.45, 2.75) is 44.6 Å². The third-order valence-electron chi connectivity index (χ3n) is 3.68. The van der Waals surface area contributed by atoms with Crippen LogP contribution in [0.15, 0.2) is 0 Å². The molecule has 1 fully saturated rings. The molecule has 1 rings (SSSR count). The van der Waals surface area contributed by atoms with Crippen molar-refractivity contribution in [2.24, 2.45) is 5.73 Å². The van der Waals surface area contributed by atoms with Crippen LogP contribution in [0.5, 0.6) is 0 Å². The van der Waals surface area contributed by atoms with Crippen LogP contribution in [0.25, 0.3) is 0 Å². The van der Waals surface area contributed by atoms with Crippen LogP contribution < -0.4 is 5.73 Å². The van der Waals surface area contributed by atoms with Crippen LogP contribution in [0.1, 0.15) is 39.0 Å². The summed E-state index contributed by atoms with van der Waals surface area (Å²) in [6.45, 7) is 6.97. The Morgan fingerprint density at radius 3 is 2.19 bits per heavy atom. The van der Waals surface area contributed by atoms with E-state index < -0.39 is 0 Å². The SMILES string of the molecule is CCCN(CCN(C)C)CCC1(N)CCC1. The van der Waals surface area contributed by atoms with Gasteiger partial charge in [-0.3, -0.25) is 0 Å². The van der Waals surface area contributed by atoms with Gasteiger partial charge < -0.3 is 15.5 Å². The average molecular weight is 227 g/mol. The van der Waals surface area contributed by atoms with Gasteiger partial charge >= 0.3 is 0 Å². The fourth-order valence-electron chi connectivity index (χ4n) is 2.25. The summed E-state index contributed by atoms with van der Waals surface area (Å²) in [5.41, 5.74) is 6.45. The first-order valence-electron chi connectivity index (χ1n) is 6.72. The summed E-state index contributed by atoms with van der Waals surface area (Å²) in [6.07, 6.45) is 6.23. The van der Waals surface area contributed by atoms with E-state index in [1.54, 1.807) is 0 Å². The quantitative estimate of drug-likeness (QED) is 0.682. The van der Waals surface area contributed by atoms with Gasteiger partial charge in [0.2, 0.25) is 0 Å². The van der Waals surface area contributed by atoms with Crippen molar-refractivity contribution in [3.63, 3.8) is 0 Å². The summed E-state index contributed by atoms with van der Waals surface area (Å²) in [7, 11) is 4.28. The van der Waals surface area contributed by atoms with Gasteiger partial charge in [0, 0.05) is 18.6 Å². The van der Waals surface area contributed by atoms with E-state index in [2.05, 4.69) is 30.8 Å². The lowest BCUT2D eigenvalue weighted by Crippen LogP contribution is -2.49. The van der Waals surface area contributed by atoms with Gasteiger partial charge in [0.05, 0.1) is 0 Å². The molecule has 96 valence electrons. The number of hydrogen-bond donors (Lipinski definition) is 1. The molecule has 3 heteroatoms. The number of hydrogen-bond acceptors (Lipinski definition) is 3. The molecule has 0 heterocycles. The molecular formula is C13H29N3. The molecule has 0 aromatic rings. The van der Waals surface area contributed by atoms with Crippen LogP contribution in [0.2, 0.25) is 0 Å². The first-order valence-corrected chi connectivity index (χ1v) is 6.72. The molecular weight excluding hydrogens is 198 g/mol. The van der Waals surface area contributed by atoms with Crippen LogP contribution in [-0.2, 0) is 0 Å². The first-order chi connectivity index (χ1) is 7.56. The van der Waals surface area contributed by atoms with Crippen LogP contribution in [0.3, 0.4) is 0 Å². The number of nitrogens with zero attached hydrogens (tertiary/aromatic N) is 2. The Hall–Kier alpha value is -0.120. The molecule has 3 nitrogen and oxygen atoms in total. The third kappa shape index (κ3) is 4.81. The molecule has 0 aliphatic heterocycles. The van der Waals surface area contributed by atoms with Crippen molar-refractivity contribution < 1.29 is 0 Å². The maximum atomic E-state index is 6.27. The van der Waals surface area contributed by atoms with Crippen LogP contribution >= 0.6 is 0 Å². The lowest BCUT2D eigenvalue weighted by molar-refractivity contribution is 0.173. The molecule has 0 bridgehead atoms. The van der Waals surface area contributed by atoms with Crippen molar-refractivity contribution in [1.29, 1.82) is 0 Å². The Morgan fingerprint density at radius 1 is 1.06 bits per heavy atom. The first kappa shape index (κ1) is 13.9. The Balaban J connectivity index is 2.21. The van der Waals surface area contributed by atoms with E-state index in [-0.39, 0.29) is 5.54 Å². The molecule has 0 amide bonds.